The third-order valence-electron chi connectivity index (χ3n) is 5.34. The summed E-state index contributed by atoms with van der Waals surface area (Å²) in [6.45, 7) is 2.16. The molecule has 0 atom stereocenters. The van der Waals surface area contributed by atoms with Crippen LogP contribution in [0.3, 0.4) is 0 Å². The molecule has 5 nitrogen and oxygen atoms in total. The molecule has 0 bridgehead atoms. The molecule has 0 radical (unpaired) electrons. The van der Waals surface area contributed by atoms with Crippen molar-refractivity contribution < 1.29 is 19.8 Å². The number of aryl methyl sites for hydroxylation is 1. The summed E-state index contributed by atoms with van der Waals surface area (Å²) in [6.07, 6.45) is 4.56. The molecule has 0 aliphatic heterocycles. The highest BCUT2D eigenvalue weighted by molar-refractivity contribution is 5.98. The highest BCUT2D eigenvalue weighted by Gasteiger charge is 2.60. The number of carbonyl (C=O) groups is 2. The molecule has 2 aliphatic carbocycles. The van der Waals surface area contributed by atoms with Crippen molar-refractivity contribution in [1.82, 2.24) is 5.32 Å². The normalized spacial score (nSPS) is 20.8. The van der Waals surface area contributed by atoms with Crippen LogP contribution in [0, 0.1) is 12.3 Å². The third-order valence-corrected chi connectivity index (χ3v) is 5.34. The fourth-order valence-corrected chi connectivity index (χ4v) is 3.34. The number of carbonyl (C=O) groups excluding carboxylic acids is 1. The summed E-state index contributed by atoms with van der Waals surface area (Å²) in [7, 11) is 0. The number of benzene rings is 1. The highest BCUT2D eigenvalue weighted by Crippen LogP contribution is 2.60. The number of hydrogen-bond donors (Lipinski definition) is 3. The van der Waals surface area contributed by atoms with Gasteiger partial charge in [-0.3, -0.25) is 4.79 Å². The van der Waals surface area contributed by atoms with Gasteiger partial charge in [-0.25, -0.2) is 4.79 Å². The predicted octanol–water partition coefficient (Wildman–Crippen LogP) is 2.12. The second kappa shape index (κ2) is 5.09. The number of amides is 1. The number of nitrogens with one attached hydrogen (secondary N) is 1. The van der Waals surface area contributed by atoms with Crippen LogP contribution < -0.4 is 5.32 Å². The van der Waals surface area contributed by atoms with Crippen molar-refractivity contribution in [2.45, 2.75) is 44.6 Å². The Labute approximate surface area is 129 Å². The maximum absolute atomic E-state index is 12.3. The summed E-state index contributed by atoms with van der Waals surface area (Å²) in [4.78, 5) is 23.4. The Morgan fingerprint density at radius 1 is 1.23 bits per heavy atom. The van der Waals surface area contributed by atoms with Gasteiger partial charge in [0.05, 0.1) is 11.2 Å². The topological polar surface area (TPSA) is 86.6 Å². The molecule has 1 amide bonds. The number of hydrogen-bond acceptors (Lipinski definition) is 3. The average molecular weight is 303 g/mol. The second-order valence-electron chi connectivity index (χ2n) is 6.68. The van der Waals surface area contributed by atoms with Crippen molar-refractivity contribution >= 4 is 11.9 Å². The van der Waals surface area contributed by atoms with Crippen LogP contribution in [0.2, 0.25) is 0 Å². The molecule has 2 saturated carbocycles. The van der Waals surface area contributed by atoms with Crippen LogP contribution in [0.5, 0.6) is 0 Å². The predicted molar refractivity (Wildman–Crippen MR) is 80.9 cm³/mol. The Bertz CT molecular complexity index is 630. The Morgan fingerprint density at radius 2 is 1.91 bits per heavy atom. The molecular weight excluding hydrogens is 282 g/mol. The largest absolute Gasteiger partial charge is 0.478 e. The fraction of sp³-hybridized carbons (Fsp3) is 0.529. The van der Waals surface area contributed by atoms with E-state index in [1.54, 1.807) is 19.1 Å². The first-order valence-corrected chi connectivity index (χ1v) is 7.71. The minimum atomic E-state index is -1.03. The maximum atomic E-state index is 12.3. The highest BCUT2D eigenvalue weighted by atomic mass is 16.4. The zero-order valence-electron chi connectivity index (χ0n) is 12.7. The van der Waals surface area contributed by atoms with Gasteiger partial charge in [0.15, 0.2) is 0 Å². The van der Waals surface area contributed by atoms with Crippen molar-refractivity contribution in [3.63, 3.8) is 0 Å². The van der Waals surface area contributed by atoms with Gasteiger partial charge in [0.2, 0.25) is 0 Å². The average Bonchev–Trinajstić information content (AvgIpc) is 3.23. The molecule has 0 spiro atoms. The first kappa shape index (κ1) is 15.0. The quantitative estimate of drug-likeness (QED) is 0.777. The van der Waals surface area contributed by atoms with Crippen LogP contribution in [0.4, 0.5) is 0 Å². The Balaban J connectivity index is 1.68. The van der Waals surface area contributed by atoms with Crippen LogP contribution in [-0.4, -0.2) is 34.2 Å². The van der Waals surface area contributed by atoms with E-state index in [4.69, 9.17) is 5.11 Å². The van der Waals surface area contributed by atoms with E-state index in [0.717, 1.165) is 32.1 Å². The monoisotopic (exact) mass is 303 g/mol. The van der Waals surface area contributed by atoms with E-state index in [9.17, 15) is 14.7 Å². The molecule has 5 heteroatoms. The summed E-state index contributed by atoms with van der Waals surface area (Å²) < 4.78 is 0. The number of carboxylic acid groups (broad SMARTS) is 1. The molecule has 2 aliphatic rings. The van der Waals surface area contributed by atoms with E-state index in [1.807, 2.05) is 0 Å². The number of carboxylic acids is 1. The first-order chi connectivity index (χ1) is 10.4. The van der Waals surface area contributed by atoms with Crippen molar-refractivity contribution in [3.8, 4) is 0 Å². The maximum Gasteiger partial charge on any atom is 0.335 e. The van der Waals surface area contributed by atoms with Crippen LogP contribution in [0.1, 0.15) is 58.4 Å². The van der Waals surface area contributed by atoms with Gasteiger partial charge in [-0.05, 0) is 56.7 Å². The summed E-state index contributed by atoms with van der Waals surface area (Å²) in [5.74, 6) is -1.31. The zero-order chi connectivity index (χ0) is 16.0. The van der Waals surface area contributed by atoms with E-state index in [0.29, 0.717) is 17.7 Å². The molecule has 118 valence electrons. The molecule has 3 N–H and O–H groups in total. The SMILES string of the molecule is Cc1ccc(C(=O)NCC2(C3(O)CCC3)CC2)cc1C(=O)O. The van der Waals surface area contributed by atoms with Crippen molar-refractivity contribution in [2.75, 3.05) is 6.54 Å². The Morgan fingerprint density at radius 3 is 2.41 bits per heavy atom. The van der Waals surface area contributed by atoms with Crippen molar-refractivity contribution in [3.05, 3.63) is 34.9 Å². The lowest BCUT2D eigenvalue weighted by Gasteiger charge is -2.44. The zero-order valence-corrected chi connectivity index (χ0v) is 12.7. The van der Waals surface area contributed by atoms with E-state index < -0.39 is 11.6 Å². The van der Waals surface area contributed by atoms with Crippen LogP contribution in [-0.2, 0) is 0 Å². The fourth-order valence-electron chi connectivity index (χ4n) is 3.34. The molecule has 22 heavy (non-hydrogen) atoms. The summed E-state index contributed by atoms with van der Waals surface area (Å²) >= 11 is 0. The summed E-state index contributed by atoms with van der Waals surface area (Å²) in [5.41, 5.74) is 0.346. The molecule has 1 aromatic carbocycles. The van der Waals surface area contributed by atoms with Gasteiger partial charge in [0.25, 0.3) is 5.91 Å². The lowest BCUT2D eigenvalue weighted by atomic mass is 9.69. The van der Waals surface area contributed by atoms with Crippen molar-refractivity contribution in [2.24, 2.45) is 5.41 Å². The van der Waals surface area contributed by atoms with Crippen LogP contribution in [0.15, 0.2) is 18.2 Å². The van der Waals surface area contributed by atoms with E-state index in [1.165, 1.54) is 6.07 Å². The molecule has 0 heterocycles. The van der Waals surface area contributed by atoms with Crippen LogP contribution in [0.25, 0.3) is 0 Å². The number of aliphatic hydroxyl groups is 1. The minimum absolute atomic E-state index is 0.145. The standard InChI is InChI=1S/C17H21NO4/c1-11-3-4-12(9-13(11)15(20)21)14(19)18-10-16(7-8-16)17(22)5-2-6-17/h3-4,9,22H,2,5-8,10H2,1H3,(H,18,19)(H,20,21). The third kappa shape index (κ3) is 2.39. The summed E-state index contributed by atoms with van der Waals surface area (Å²) in [5, 5.41) is 22.5. The summed E-state index contributed by atoms with van der Waals surface area (Å²) in [6, 6.07) is 4.68. The number of aromatic carboxylic acids is 1. The molecule has 0 aromatic heterocycles. The minimum Gasteiger partial charge on any atom is -0.478 e. The smallest absolute Gasteiger partial charge is 0.335 e. The van der Waals surface area contributed by atoms with Gasteiger partial charge in [-0.15, -0.1) is 0 Å². The van der Waals surface area contributed by atoms with Gasteiger partial charge >= 0.3 is 5.97 Å². The Kier molecular flexibility index (Phi) is 3.48. The first-order valence-electron chi connectivity index (χ1n) is 7.71. The molecular formula is C17H21NO4. The molecule has 1 aromatic rings. The number of rotatable bonds is 5. The van der Waals surface area contributed by atoms with E-state index in [2.05, 4.69) is 5.32 Å². The van der Waals surface area contributed by atoms with E-state index >= 15 is 0 Å². The molecule has 0 unspecified atom stereocenters. The molecule has 0 saturated heterocycles. The molecule has 2 fully saturated rings. The van der Waals surface area contributed by atoms with Gasteiger partial charge in [-0.1, -0.05) is 6.07 Å². The van der Waals surface area contributed by atoms with E-state index in [-0.39, 0.29) is 16.9 Å². The lowest BCUT2D eigenvalue weighted by molar-refractivity contribution is -0.0948. The van der Waals surface area contributed by atoms with Gasteiger partial charge in [0, 0.05) is 17.5 Å². The van der Waals surface area contributed by atoms with Gasteiger partial charge in [-0.2, -0.15) is 0 Å². The van der Waals surface area contributed by atoms with Crippen molar-refractivity contribution in [1.29, 1.82) is 0 Å². The van der Waals surface area contributed by atoms with Gasteiger partial charge < -0.3 is 15.5 Å². The second-order valence-corrected chi connectivity index (χ2v) is 6.68. The van der Waals surface area contributed by atoms with Crippen LogP contribution >= 0.6 is 0 Å². The molecule has 3 rings (SSSR count). The Hall–Kier alpha value is -1.88. The van der Waals surface area contributed by atoms with Gasteiger partial charge in [0.1, 0.15) is 0 Å². The lowest BCUT2D eigenvalue weighted by Crippen LogP contribution is -2.50.